The molecule has 2 saturated heterocycles. The molecule has 0 radical (unpaired) electrons. The Morgan fingerprint density at radius 1 is 1.20 bits per heavy atom. The van der Waals surface area contributed by atoms with Crippen LogP contribution in [0, 0.1) is 5.92 Å². The molecular formula is C18H24ClN5O. The van der Waals surface area contributed by atoms with Crippen LogP contribution in [0.5, 0.6) is 0 Å². The molecule has 2 aromatic rings. The molecule has 2 aliphatic rings. The van der Waals surface area contributed by atoms with Gasteiger partial charge in [0.15, 0.2) is 5.82 Å². The number of para-hydroxylation sites is 1. The third kappa shape index (κ3) is 4.19. The molecule has 6 nitrogen and oxygen atoms in total. The van der Waals surface area contributed by atoms with Gasteiger partial charge in [0.1, 0.15) is 6.33 Å². The fourth-order valence-corrected chi connectivity index (χ4v) is 4.04. The lowest BCUT2D eigenvalue weighted by Gasteiger charge is -2.28. The van der Waals surface area contributed by atoms with E-state index in [0.717, 1.165) is 24.4 Å². The minimum atomic E-state index is 0. The highest BCUT2D eigenvalue weighted by Crippen LogP contribution is 2.32. The van der Waals surface area contributed by atoms with E-state index in [2.05, 4.69) is 20.8 Å². The van der Waals surface area contributed by atoms with Crippen molar-refractivity contribution in [3.8, 4) is 5.69 Å². The number of aromatic nitrogens is 3. The van der Waals surface area contributed by atoms with Crippen molar-refractivity contribution >= 4 is 18.3 Å². The molecule has 4 rings (SSSR count). The third-order valence-corrected chi connectivity index (χ3v) is 5.14. The molecule has 2 unspecified atom stereocenters. The van der Waals surface area contributed by atoms with Gasteiger partial charge in [-0.3, -0.25) is 9.36 Å². The van der Waals surface area contributed by atoms with Crippen LogP contribution in [0.15, 0.2) is 36.7 Å². The fraction of sp³-hybridized carbons (Fsp3) is 0.500. The molecule has 2 N–H and O–H groups in total. The first-order valence-corrected chi connectivity index (χ1v) is 8.75. The smallest absolute Gasteiger partial charge is 0.220 e. The predicted molar refractivity (Wildman–Crippen MR) is 97.7 cm³/mol. The first-order chi connectivity index (χ1) is 11.8. The average Bonchev–Trinajstić information content (AvgIpc) is 3.20. The van der Waals surface area contributed by atoms with Gasteiger partial charge in [0.25, 0.3) is 0 Å². The van der Waals surface area contributed by atoms with Crippen molar-refractivity contribution in [2.24, 2.45) is 5.92 Å². The van der Waals surface area contributed by atoms with Gasteiger partial charge in [0, 0.05) is 24.2 Å². The summed E-state index contributed by atoms with van der Waals surface area (Å²) < 4.78 is 1.91. The summed E-state index contributed by atoms with van der Waals surface area (Å²) in [4.78, 5) is 12.3. The molecule has 0 aliphatic carbocycles. The van der Waals surface area contributed by atoms with Crippen molar-refractivity contribution < 1.29 is 4.79 Å². The maximum Gasteiger partial charge on any atom is 0.220 e. The van der Waals surface area contributed by atoms with Crippen LogP contribution < -0.4 is 10.6 Å². The monoisotopic (exact) mass is 361 g/mol. The first kappa shape index (κ1) is 17.9. The summed E-state index contributed by atoms with van der Waals surface area (Å²) in [5.41, 5.74) is 1.00. The highest BCUT2D eigenvalue weighted by molar-refractivity contribution is 5.85. The Morgan fingerprint density at radius 3 is 2.64 bits per heavy atom. The number of fused-ring (bicyclic) bond motifs is 2. The Balaban J connectivity index is 0.00000182. The summed E-state index contributed by atoms with van der Waals surface area (Å²) >= 11 is 0. The van der Waals surface area contributed by atoms with E-state index in [1.807, 2.05) is 34.9 Å². The number of benzene rings is 1. The summed E-state index contributed by atoms with van der Waals surface area (Å²) in [5.74, 6) is 1.37. The minimum absolute atomic E-state index is 0. The van der Waals surface area contributed by atoms with E-state index < -0.39 is 0 Å². The highest BCUT2D eigenvalue weighted by atomic mass is 35.5. The molecule has 1 aromatic heterocycles. The molecule has 1 amide bonds. The van der Waals surface area contributed by atoms with Crippen LogP contribution in [0.1, 0.15) is 37.9 Å². The number of nitrogens with one attached hydrogen (secondary N) is 2. The Bertz CT molecular complexity index is 693. The molecule has 25 heavy (non-hydrogen) atoms. The number of rotatable bonds is 5. The van der Waals surface area contributed by atoms with E-state index >= 15 is 0 Å². The lowest BCUT2D eigenvalue weighted by atomic mass is 9.89. The molecular weight excluding hydrogens is 338 g/mol. The molecule has 7 heteroatoms. The fourth-order valence-electron chi connectivity index (χ4n) is 4.04. The van der Waals surface area contributed by atoms with Crippen molar-refractivity contribution in [1.82, 2.24) is 25.4 Å². The number of amides is 1. The molecule has 2 atom stereocenters. The van der Waals surface area contributed by atoms with Gasteiger partial charge < -0.3 is 10.6 Å². The van der Waals surface area contributed by atoms with Crippen molar-refractivity contribution in [3.63, 3.8) is 0 Å². The number of piperidine rings is 1. The van der Waals surface area contributed by atoms with Crippen LogP contribution in [-0.4, -0.2) is 32.8 Å². The zero-order valence-corrected chi connectivity index (χ0v) is 14.9. The standard InChI is InChI=1S/C18H23N5O.ClH/c24-18(10-13-8-14-6-7-15(9-13)21-14)19-11-17-22-20-12-23(17)16-4-2-1-3-5-16;/h1-5,12-15,21H,6-11H2,(H,19,24);1H. The van der Waals surface area contributed by atoms with Crippen molar-refractivity contribution in [3.05, 3.63) is 42.5 Å². The lowest BCUT2D eigenvalue weighted by molar-refractivity contribution is -0.122. The van der Waals surface area contributed by atoms with Crippen molar-refractivity contribution in [2.75, 3.05) is 0 Å². The summed E-state index contributed by atoms with van der Waals surface area (Å²) in [5, 5.41) is 14.7. The van der Waals surface area contributed by atoms with Crippen LogP contribution in [0.3, 0.4) is 0 Å². The van der Waals surface area contributed by atoms with Gasteiger partial charge in [0.2, 0.25) is 5.91 Å². The second-order valence-corrected chi connectivity index (χ2v) is 6.91. The molecule has 2 bridgehead atoms. The summed E-state index contributed by atoms with van der Waals surface area (Å²) in [7, 11) is 0. The maximum atomic E-state index is 12.3. The average molecular weight is 362 g/mol. The van der Waals surface area contributed by atoms with Crippen LogP contribution in [0.4, 0.5) is 0 Å². The molecule has 0 spiro atoms. The van der Waals surface area contributed by atoms with Gasteiger partial charge in [0.05, 0.1) is 6.54 Å². The van der Waals surface area contributed by atoms with E-state index in [9.17, 15) is 4.79 Å². The van der Waals surface area contributed by atoms with Crippen LogP contribution in [0.2, 0.25) is 0 Å². The molecule has 1 aromatic carbocycles. The Hall–Kier alpha value is -1.92. The van der Waals surface area contributed by atoms with Gasteiger partial charge >= 0.3 is 0 Å². The molecule has 0 saturated carbocycles. The number of nitrogens with zero attached hydrogens (tertiary/aromatic N) is 3. The highest BCUT2D eigenvalue weighted by Gasteiger charge is 2.34. The van der Waals surface area contributed by atoms with E-state index in [1.54, 1.807) is 6.33 Å². The topological polar surface area (TPSA) is 71.8 Å². The molecule has 2 aliphatic heterocycles. The lowest BCUT2D eigenvalue weighted by Crippen LogP contribution is -2.39. The number of carbonyl (C=O) groups is 1. The summed E-state index contributed by atoms with van der Waals surface area (Å²) in [6.07, 6.45) is 7.09. The number of halogens is 1. The summed E-state index contributed by atoms with van der Waals surface area (Å²) in [6, 6.07) is 11.2. The van der Waals surface area contributed by atoms with E-state index in [0.29, 0.717) is 31.0 Å². The SMILES string of the molecule is Cl.O=C(CC1CC2CCC(C1)N2)NCc1nncn1-c1ccccc1. The third-order valence-electron chi connectivity index (χ3n) is 5.14. The van der Waals surface area contributed by atoms with E-state index in [4.69, 9.17) is 0 Å². The predicted octanol–water partition coefficient (Wildman–Crippen LogP) is 2.23. The number of hydrogen-bond donors (Lipinski definition) is 2. The Labute approximate surface area is 153 Å². The molecule has 2 fully saturated rings. The normalized spacial score (nSPS) is 24.6. The van der Waals surface area contributed by atoms with Gasteiger partial charge in [-0.1, -0.05) is 18.2 Å². The second kappa shape index (κ2) is 7.97. The maximum absolute atomic E-state index is 12.3. The van der Waals surface area contributed by atoms with E-state index in [-0.39, 0.29) is 18.3 Å². The van der Waals surface area contributed by atoms with Crippen molar-refractivity contribution in [1.29, 1.82) is 0 Å². The zero-order chi connectivity index (χ0) is 16.4. The van der Waals surface area contributed by atoms with Crippen LogP contribution >= 0.6 is 12.4 Å². The van der Waals surface area contributed by atoms with Gasteiger partial charge in [-0.2, -0.15) is 0 Å². The van der Waals surface area contributed by atoms with Crippen LogP contribution in [-0.2, 0) is 11.3 Å². The van der Waals surface area contributed by atoms with Gasteiger partial charge in [-0.15, -0.1) is 22.6 Å². The Morgan fingerprint density at radius 2 is 1.92 bits per heavy atom. The second-order valence-electron chi connectivity index (χ2n) is 6.91. The van der Waals surface area contributed by atoms with Gasteiger partial charge in [-0.25, -0.2) is 0 Å². The number of hydrogen-bond acceptors (Lipinski definition) is 4. The zero-order valence-electron chi connectivity index (χ0n) is 14.1. The Kier molecular flexibility index (Phi) is 5.71. The van der Waals surface area contributed by atoms with E-state index in [1.165, 1.54) is 12.8 Å². The number of carbonyl (C=O) groups excluding carboxylic acids is 1. The largest absolute Gasteiger partial charge is 0.349 e. The quantitative estimate of drug-likeness (QED) is 0.856. The van der Waals surface area contributed by atoms with Crippen LogP contribution in [0.25, 0.3) is 5.69 Å². The molecule has 134 valence electrons. The summed E-state index contributed by atoms with van der Waals surface area (Å²) in [6.45, 7) is 0.408. The van der Waals surface area contributed by atoms with Crippen molar-refractivity contribution in [2.45, 2.75) is 50.7 Å². The first-order valence-electron chi connectivity index (χ1n) is 8.75. The van der Waals surface area contributed by atoms with Gasteiger partial charge in [-0.05, 0) is 43.7 Å². The molecule has 3 heterocycles. The minimum Gasteiger partial charge on any atom is -0.349 e.